The lowest BCUT2D eigenvalue weighted by Crippen LogP contribution is -2.23. The summed E-state index contributed by atoms with van der Waals surface area (Å²) >= 11 is 0. The topological polar surface area (TPSA) is 89.1 Å². The third kappa shape index (κ3) is 1.76. The Labute approximate surface area is 69.3 Å². The number of hydrogen-bond donors (Lipinski definition) is 2. The van der Waals surface area contributed by atoms with Crippen LogP contribution in [0.5, 0.6) is 0 Å². The molecule has 0 aromatic carbocycles. The van der Waals surface area contributed by atoms with Gasteiger partial charge in [0.1, 0.15) is 11.7 Å². The SMILES string of the molecule is NCC(C(=O)O)c1ncccn1. The Morgan fingerprint density at radius 3 is 2.58 bits per heavy atom. The summed E-state index contributed by atoms with van der Waals surface area (Å²) in [7, 11) is 0. The number of aliphatic carboxylic acids is 1. The highest BCUT2D eigenvalue weighted by Crippen LogP contribution is 2.07. The molecule has 0 fully saturated rings. The van der Waals surface area contributed by atoms with Gasteiger partial charge in [0, 0.05) is 18.9 Å². The largest absolute Gasteiger partial charge is 0.481 e. The highest BCUT2D eigenvalue weighted by molar-refractivity contribution is 5.75. The van der Waals surface area contributed by atoms with Gasteiger partial charge in [-0.3, -0.25) is 4.79 Å². The lowest BCUT2D eigenvalue weighted by Gasteiger charge is -2.05. The van der Waals surface area contributed by atoms with Gasteiger partial charge in [0.05, 0.1) is 0 Å². The molecule has 1 aromatic rings. The zero-order valence-corrected chi connectivity index (χ0v) is 6.34. The summed E-state index contributed by atoms with van der Waals surface area (Å²) in [6.45, 7) is 0.0132. The molecule has 0 amide bonds. The van der Waals surface area contributed by atoms with Crippen molar-refractivity contribution in [2.24, 2.45) is 5.73 Å². The Morgan fingerprint density at radius 2 is 2.17 bits per heavy atom. The van der Waals surface area contributed by atoms with E-state index in [1.54, 1.807) is 6.07 Å². The number of nitrogens with two attached hydrogens (primary N) is 1. The number of carbonyl (C=O) groups is 1. The predicted octanol–water partition coefficient (Wildman–Crippen LogP) is -0.397. The van der Waals surface area contributed by atoms with Crippen LogP contribution in [0.15, 0.2) is 18.5 Å². The van der Waals surface area contributed by atoms with Crippen LogP contribution < -0.4 is 5.73 Å². The Morgan fingerprint density at radius 1 is 1.58 bits per heavy atom. The summed E-state index contributed by atoms with van der Waals surface area (Å²) in [5.74, 6) is -1.54. The van der Waals surface area contributed by atoms with Crippen LogP contribution in [0.3, 0.4) is 0 Å². The maximum absolute atomic E-state index is 10.6. The van der Waals surface area contributed by atoms with Gasteiger partial charge in [0.25, 0.3) is 0 Å². The molecule has 0 aliphatic rings. The quantitative estimate of drug-likeness (QED) is 0.639. The minimum atomic E-state index is -0.997. The monoisotopic (exact) mass is 167 g/mol. The van der Waals surface area contributed by atoms with Crippen molar-refractivity contribution in [3.05, 3.63) is 24.3 Å². The van der Waals surface area contributed by atoms with Crippen LogP contribution in [0, 0.1) is 0 Å². The molecule has 1 aromatic heterocycles. The van der Waals surface area contributed by atoms with Gasteiger partial charge in [-0.2, -0.15) is 0 Å². The molecule has 1 rings (SSSR count). The van der Waals surface area contributed by atoms with Crippen molar-refractivity contribution in [3.8, 4) is 0 Å². The van der Waals surface area contributed by atoms with Crippen molar-refractivity contribution in [1.29, 1.82) is 0 Å². The summed E-state index contributed by atoms with van der Waals surface area (Å²) in [5.41, 5.74) is 5.24. The fourth-order valence-corrected chi connectivity index (χ4v) is 0.807. The van der Waals surface area contributed by atoms with Crippen LogP contribution in [0.1, 0.15) is 11.7 Å². The molecule has 0 aliphatic heterocycles. The van der Waals surface area contributed by atoms with Crippen LogP contribution in [-0.2, 0) is 4.79 Å². The number of hydrogen-bond acceptors (Lipinski definition) is 4. The van der Waals surface area contributed by atoms with Gasteiger partial charge in [0.15, 0.2) is 0 Å². The van der Waals surface area contributed by atoms with Crippen molar-refractivity contribution >= 4 is 5.97 Å². The second kappa shape index (κ2) is 3.77. The fraction of sp³-hybridized carbons (Fsp3) is 0.286. The minimum absolute atomic E-state index is 0.0132. The van der Waals surface area contributed by atoms with E-state index in [1.807, 2.05) is 0 Å². The van der Waals surface area contributed by atoms with E-state index in [9.17, 15) is 4.79 Å². The van der Waals surface area contributed by atoms with E-state index < -0.39 is 11.9 Å². The summed E-state index contributed by atoms with van der Waals surface area (Å²) in [5, 5.41) is 8.67. The Hall–Kier alpha value is -1.49. The van der Waals surface area contributed by atoms with Gasteiger partial charge in [-0.25, -0.2) is 9.97 Å². The Kier molecular flexibility index (Phi) is 2.71. The lowest BCUT2D eigenvalue weighted by atomic mass is 10.1. The van der Waals surface area contributed by atoms with Crippen LogP contribution in [0.2, 0.25) is 0 Å². The van der Waals surface area contributed by atoms with Gasteiger partial charge in [-0.05, 0) is 6.07 Å². The highest BCUT2D eigenvalue weighted by atomic mass is 16.4. The van der Waals surface area contributed by atoms with E-state index in [0.29, 0.717) is 0 Å². The van der Waals surface area contributed by atoms with Crippen molar-refractivity contribution in [2.75, 3.05) is 6.54 Å². The molecule has 0 spiro atoms. The molecule has 0 saturated heterocycles. The molecule has 64 valence electrons. The molecule has 5 nitrogen and oxygen atoms in total. The van der Waals surface area contributed by atoms with E-state index in [0.717, 1.165) is 0 Å². The van der Waals surface area contributed by atoms with Crippen LogP contribution >= 0.6 is 0 Å². The molecular formula is C7H9N3O2. The summed E-state index contributed by atoms with van der Waals surface area (Å²) in [6.07, 6.45) is 2.99. The zero-order valence-electron chi connectivity index (χ0n) is 6.34. The van der Waals surface area contributed by atoms with Crippen molar-refractivity contribution < 1.29 is 9.90 Å². The van der Waals surface area contributed by atoms with Crippen molar-refractivity contribution in [1.82, 2.24) is 9.97 Å². The average molecular weight is 167 g/mol. The van der Waals surface area contributed by atoms with Crippen molar-refractivity contribution in [3.63, 3.8) is 0 Å². The van der Waals surface area contributed by atoms with E-state index in [1.165, 1.54) is 12.4 Å². The number of aromatic nitrogens is 2. The Balaban J connectivity index is 2.88. The minimum Gasteiger partial charge on any atom is -0.481 e. The molecule has 0 bridgehead atoms. The number of rotatable bonds is 3. The summed E-state index contributed by atoms with van der Waals surface area (Å²) in [6, 6.07) is 1.62. The van der Waals surface area contributed by atoms with E-state index in [4.69, 9.17) is 10.8 Å². The molecule has 1 unspecified atom stereocenters. The third-order valence-corrected chi connectivity index (χ3v) is 1.43. The fourth-order valence-electron chi connectivity index (χ4n) is 0.807. The van der Waals surface area contributed by atoms with Crippen LogP contribution in [-0.4, -0.2) is 27.6 Å². The highest BCUT2D eigenvalue weighted by Gasteiger charge is 2.19. The van der Waals surface area contributed by atoms with Gasteiger partial charge < -0.3 is 10.8 Å². The summed E-state index contributed by atoms with van der Waals surface area (Å²) < 4.78 is 0. The molecule has 0 saturated carbocycles. The summed E-state index contributed by atoms with van der Waals surface area (Å²) in [4.78, 5) is 18.2. The smallest absolute Gasteiger partial charge is 0.315 e. The van der Waals surface area contributed by atoms with Crippen molar-refractivity contribution in [2.45, 2.75) is 5.92 Å². The van der Waals surface area contributed by atoms with E-state index >= 15 is 0 Å². The first-order chi connectivity index (χ1) is 5.75. The maximum Gasteiger partial charge on any atom is 0.315 e. The first-order valence-electron chi connectivity index (χ1n) is 3.45. The molecule has 0 aliphatic carbocycles. The standard InChI is InChI=1S/C7H9N3O2/c8-4-5(7(11)12)6-9-2-1-3-10-6/h1-3,5H,4,8H2,(H,11,12). The average Bonchev–Trinajstić information content (AvgIpc) is 2.07. The first-order valence-corrected chi connectivity index (χ1v) is 3.45. The molecule has 1 heterocycles. The molecular weight excluding hydrogens is 158 g/mol. The normalized spacial score (nSPS) is 12.4. The van der Waals surface area contributed by atoms with E-state index in [-0.39, 0.29) is 12.4 Å². The molecule has 0 radical (unpaired) electrons. The van der Waals surface area contributed by atoms with Crippen LogP contribution in [0.25, 0.3) is 0 Å². The van der Waals surface area contributed by atoms with Gasteiger partial charge >= 0.3 is 5.97 Å². The number of carboxylic acids is 1. The Bertz CT molecular complexity index is 263. The molecule has 12 heavy (non-hydrogen) atoms. The van der Waals surface area contributed by atoms with Gasteiger partial charge in [-0.15, -0.1) is 0 Å². The zero-order chi connectivity index (χ0) is 8.97. The predicted molar refractivity (Wildman–Crippen MR) is 41.5 cm³/mol. The van der Waals surface area contributed by atoms with E-state index in [2.05, 4.69) is 9.97 Å². The molecule has 1 atom stereocenters. The van der Waals surface area contributed by atoms with Gasteiger partial charge in [-0.1, -0.05) is 0 Å². The second-order valence-electron chi connectivity index (χ2n) is 2.23. The maximum atomic E-state index is 10.6. The first kappa shape index (κ1) is 8.61. The number of nitrogens with zero attached hydrogens (tertiary/aromatic N) is 2. The lowest BCUT2D eigenvalue weighted by molar-refractivity contribution is -0.138. The third-order valence-electron chi connectivity index (χ3n) is 1.43. The second-order valence-corrected chi connectivity index (χ2v) is 2.23. The number of carboxylic acid groups (broad SMARTS) is 1. The molecule has 3 N–H and O–H groups in total. The molecule has 5 heteroatoms. The van der Waals surface area contributed by atoms with Crippen LogP contribution in [0.4, 0.5) is 0 Å². The van der Waals surface area contributed by atoms with Gasteiger partial charge in [0.2, 0.25) is 0 Å².